The Balaban J connectivity index is 1.46. The fourth-order valence-corrected chi connectivity index (χ4v) is 3.64. The molecule has 3 atom stereocenters. The van der Waals surface area contributed by atoms with Crippen molar-refractivity contribution >= 4 is 18.0 Å². The lowest BCUT2D eigenvalue weighted by Gasteiger charge is -2.29. The predicted octanol–water partition coefficient (Wildman–Crippen LogP) is 0.942. The van der Waals surface area contributed by atoms with Crippen LogP contribution in [0.25, 0.3) is 0 Å². The second-order valence-electron chi connectivity index (χ2n) is 8.21. The zero-order valence-corrected chi connectivity index (χ0v) is 15.9. The number of hydroxylamine groups is 1. The molecule has 3 heterocycles. The molecule has 26 heavy (non-hydrogen) atoms. The monoisotopic (exact) mass is 368 g/mol. The second kappa shape index (κ2) is 6.94. The number of carbonyl (C=O) groups is 3. The third kappa shape index (κ3) is 3.87. The molecule has 2 unspecified atom stereocenters. The Morgan fingerprint density at radius 2 is 1.88 bits per heavy atom. The number of nitrogens with one attached hydrogen (secondary N) is 1. The Kier molecular flexibility index (Phi) is 5.01. The van der Waals surface area contributed by atoms with Gasteiger partial charge in [0.2, 0.25) is 0 Å². The molecule has 0 spiro atoms. The van der Waals surface area contributed by atoms with Crippen molar-refractivity contribution in [1.29, 1.82) is 0 Å². The number of nitrogens with zero attached hydrogens (tertiary/aromatic N) is 3. The molecule has 0 aromatic carbocycles. The van der Waals surface area contributed by atoms with E-state index in [1.54, 1.807) is 21.7 Å². The highest BCUT2D eigenvalue weighted by Crippen LogP contribution is 2.28. The SMILES string of the molecule is CN1C(=O)N2CC1CC[C@H]2C(=O)NOC1CCN(C(=O)OC(C)(C)C)C1. The van der Waals surface area contributed by atoms with Crippen LogP contribution >= 0.6 is 0 Å². The van der Waals surface area contributed by atoms with Gasteiger partial charge in [0.05, 0.1) is 12.6 Å². The van der Waals surface area contributed by atoms with E-state index in [1.165, 1.54) is 0 Å². The summed E-state index contributed by atoms with van der Waals surface area (Å²) >= 11 is 0. The van der Waals surface area contributed by atoms with E-state index in [-0.39, 0.29) is 30.2 Å². The van der Waals surface area contributed by atoms with Crippen molar-refractivity contribution in [3.05, 3.63) is 0 Å². The molecule has 0 aromatic rings. The van der Waals surface area contributed by atoms with Crippen molar-refractivity contribution in [2.24, 2.45) is 0 Å². The van der Waals surface area contributed by atoms with E-state index in [9.17, 15) is 14.4 Å². The number of hydrogen-bond acceptors (Lipinski definition) is 5. The summed E-state index contributed by atoms with van der Waals surface area (Å²) in [5.74, 6) is -0.303. The maximum Gasteiger partial charge on any atom is 0.410 e. The number of rotatable bonds is 3. The summed E-state index contributed by atoms with van der Waals surface area (Å²) in [5.41, 5.74) is 1.95. The van der Waals surface area contributed by atoms with Crippen LogP contribution < -0.4 is 5.48 Å². The zero-order chi connectivity index (χ0) is 19.1. The van der Waals surface area contributed by atoms with Gasteiger partial charge >= 0.3 is 12.1 Å². The smallest absolute Gasteiger partial charge is 0.410 e. The average molecular weight is 368 g/mol. The quantitative estimate of drug-likeness (QED) is 0.749. The first kappa shape index (κ1) is 18.8. The van der Waals surface area contributed by atoms with E-state index in [4.69, 9.17) is 9.57 Å². The van der Waals surface area contributed by atoms with Crippen molar-refractivity contribution in [1.82, 2.24) is 20.2 Å². The number of hydrogen-bond donors (Lipinski definition) is 1. The molecule has 0 aromatic heterocycles. The lowest BCUT2D eigenvalue weighted by atomic mass is 10.0. The number of urea groups is 1. The fourth-order valence-electron chi connectivity index (χ4n) is 3.64. The molecular formula is C17H28N4O5. The topological polar surface area (TPSA) is 91.4 Å². The van der Waals surface area contributed by atoms with E-state index in [0.29, 0.717) is 32.5 Å². The molecule has 9 heteroatoms. The number of likely N-dealkylation sites (tertiary alicyclic amines) is 1. The van der Waals surface area contributed by atoms with Gasteiger partial charge in [-0.05, 0) is 40.0 Å². The van der Waals surface area contributed by atoms with Gasteiger partial charge in [-0.1, -0.05) is 0 Å². The number of fused-ring (bicyclic) bond motifs is 2. The standard InChI is InChI=1S/C17H28N4O5/c1-17(2,3)25-16(24)20-8-7-12(10-20)26-18-14(22)13-6-5-11-9-21(13)15(23)19(11)4/h11-13H,5-10H2,1-4H3,(H,18,22)/t11?,12?,13-/m0/s1. The maximum absolute atomic E-state index is 12.4. The molecular weight excluding hydrogens is 340 g/mol. The first-order chi connectivity index (χ1) is 12.2. The summed E-state index contributed by atoms with van der Waals surface area (Å²) in [7, 11) is 1.77. The molecule has 1 N–H and O–H groups in total. The highest BCUT2D eigenvalue weighted by molar-refractivity contribution is 5.88. The van der Waals surface area contributed by atoms with Gasteiger partial charge < -0.3 is 19.4 Å². The number of carbonyl (C=O) groups excluding carboxylic acids is 3. The normalized spacial score (nSPS) is 28.5. The molecule has 4 amide bonds. The maximum atomic E-state index is 12.4. The largest absolute Gasteiger partial charge is 0.444 e. The van der Waals surface area contributed by atoms with Gasteiger partial charge in [0.1, 0.15) is 17.7 Å². The average Bonchev–Trinajstić information content (AvgIpc) is 3.12. The summed E-state index contributed by atoms with van der Waals surface area (Å²) in [5, 5.41) is 0. The molecule has 0 radical (unpaired) electrons. The van der Waals surface area contributed by atoms with Crippen molar-refractivity contribution in [2.45, 2.75) is 63.8 Å². The molecule has 0 saturated carbocycles. The minimum atomic E-state index is -0.543. The van der Waals surface area contributed by atoms with E-state index in [0.717, 1.165) is 6.42 Å². The van der Waals surface area contributed by atoms with E-state index < -0.39 is 11.6 Å². The molecule has 3 aliphatic heterocycles. The third-order valence-corrected chi connectivity index (χ3v) is 5.08. The van der Waals surface area contributed by atoms with Crippen LogP contribution in [-0.4, -0.2) is 83.2 Å². The van der Waals surface area contributed by atoms with Gasteiger partial charge in [0.15, 0.2) is 0 Å². The summed E-state index contributed by atoms with van der Waals surface area (Å²) < 4.78 is 5.34. The van der Waals surface area contributed by atoms with Crippen molar-refractivity contribution in [3.8, 4) is 0 Å². The minimum Gasteiger partial charge on any atom is -0.444 e. The van der Waals surface area contributed by atoms with Crippen LogP contribution in [0.1, 0.15) is 40.0 Å². The van der Waals surface area contributed by atoms with Crippen molar-refractivity contribution in [2.75, 3.05) is 26.7 Å². The summed E-state index contributed by atoms with van der Waals surface area (Å²) in [6.07, 6.45) is 1.41. The molecule has 146 valence electrons. The zero-order valence-electron chi connectivity index (χ0n) is 15.9. The second-order valence-corrected chi connectivity index (χ2v) is 8.21. The van der Waals surface area contributed by atoms with Crippen LogP contribution in [0.15, 0.2) is 0 Å². The van der Waals surface area contributed by atoms with Gasteiger partial charge in [-0.15, -0.1) is 0 Å². The molecule has 0 aliphatic carbocycles. The van der Waals surface area contributed by atoms with Crippen LogP contribution in [0.4, 0.5) is 9.59 Å². The lowest BCUT2D eigenvalue weighted by Crippen LogP contribution is -2.50. The molecule has 9 nitrogen and oxygen atoms in total. The Morgan fingerprint density at radius 3 is 2.58 bits per heavy atom. The Hall–Kier alpha value is -2.03. The highest BCUT2D eigenvalue weighted by atomic mass is 16.7. The number of ether oxygens (including phenoxy) is 1. The molecule has 3 saturated heterocycles. The molecule has 3 rings (SSSR count). The number of piperidine rings is 1. The Labute approximate surface area is 153 Å². The van der Waals surface area contributed by atoms with Crippen LogP contribution in [0.5, 0.6) is 0 Å². The van der Waals surface area contributed by atoms with Gasteiger partial charge in [-0.25, -0.2) is 15.1 Å². The first-order valence-electron chi connectivity index (χ1n) is 9.12. The van der Waals surface area contributed by atoms with Crippen LogP contribution in [0.2, 0.25) is 0 Å². The van der Waals surface area contributed by atoms with Crippen molar-refractivity contribution < 1.29 is 24.0 Å². The number of likely N-dealkylation sites (N-methyl/N-ethyl adjacent to an activating group) is 1. The molecule has 2 bridgehead atoms. The van der Waals surface area contributed by atoms with Crippen molar-refractivity contribution in [3.63, 3.8) is 0 Å². The first-order valence-corrected chi connectivity index (χ1v) is 9.12. The Bertz CT molecular complexity index is 590. The van der Waals surface area contributed by atoms with Gasteiger partial charge in [-0.3, -0.25) is 9.63 Å². The summed E-state index contributed by atoms with van der Waals surface area (Å²) in [6, 6.07) is -0.402. The van der Waals surface area contributed by atoms with Gasteiger partial charge in [0, 0.05) is 20.1 Å². The molecule has 3 aliphatic rings. The predicted molar refractivity (Wildman–Crippen MR) is 92.1 cm³/mol. The van der Waals surface area contributed by atoms with Gasteiger partial charge in [0.25, 0.3) is 5.91 Å². The minimum absolute atomic E-state index is 0.107. The van der Waals surface area contributed by atoms with E-state index in [1.807, 2.05) is 20.8 Å². The third-order valence-electron chi connectivity index (χ3n) is 5.08. The van der Waals surface area contributed by atoms with Crippen LogP contribution in [0.3, 0.4) is 0 Å². The van der Waals surface area contributed by atoms with Crippen LogP contribution in [-0.2, 0) is 14.4 Å². The fraction of sp³-hybridized carbons (Fsp3) is 0.824. The van der Waals surface area contributed by atoms with Gasteiger partial charge in [-0.2, -0.15) is 0 Å². The van der Waals surface area contributed by atoms with E-state index in [2.05, 4.69) is 5.48 Å². The summed E-state index contributed by atoms with van der Waals surface area (Å²) in [4.78, 5) is 47.0. The number of amides is 4. The van der Waals surface area contributed by atoms with E-state index >= 15 is 0 Å². The lowest BCUT2D eigenvalue weighted by molar-refractivity contribution is -0.143. The summed E-state index contributed by atoms with van der Waals surface area (Å²) in [6.45, 7) is 6.94. The highest BCUT2D eigenvalue weighted by Gasteiger charge is 2.45. The van der Waals surface area contributed by atoms with Crippen LogP contribution in [0, 0.1) is 0 Å². The molecule has 3 fully saturated rings. The Morgan fingerprint density at radius 1 is 1.15 bits per heavy atom.